The second kappa shape index (κ2) is 6.96. The molecule has 0 saturated heterocycles. The third-order valence-corrected chi connectivity index (χ3v) is 5.54. The summed E-state index contributed by atoms with van der Waals surface area (Å²) in [5.74, 6) is 0.999. The number of aromatic nitrogens is 2. The minimum absolute atomic E-state index is 0.0824. The van der Waals surface area contributed by atoms with Gasteiger partial charge in [0.15, 0.2) is 0 Å². The van der Waals surface area contributed by atoms with Gasteiger partial charge in [-0.3, -0.25) is 4.68 Å². The Bertz CT molecular complexity index is 374. The highest BCUT2D eigenvalue weighted by atomic mass is 79.9. The normalized spacial score (nSPS) is 18.4. The number of hydrogen-bond donors (Lipinski definition) is 1. The van der Waals surface area contributed by atoms with E-state index in [0.29, 0.717) is 0 Å². The molecule has 1 saturated carbocycles. The van der Waals surface area contributed by atoms with Crippen molar-refractivity contribution in [3.63, 3.8) is 0 Å². The number of halogens is 1. The smallest absolute Gasteiger partial charge is 0.0701 e. The molecule has 1 atom stereocenters. The molecule has 0 spiro atoms. The van der Waals surface area contributed by atoms with E-state index in [-0.39, 0.29) is 6.04 Å². The predicted octanol–water partition coefficient (Wildman–Crippen LogP) is 3.73. The largest absolute Gasteiger partial charge is 0.322 e. The standard InChI is InChI=1S/C13H22BrN3S/c1-2-7-17-13(11(14)8-16-17)12(15)9-18-10-5-3-4-6-10/h8,10,12H,2-7,9,15H2,1H3. The van der Waals surface area contributed by atoms with E-state index in [1.165, 1.54) is 25.7 Å². The molecular weight excluding hydrogens is 310 g/mol. The fourth-order valence-corrected chi connectivity index (χ4v) is 4.40. The molecule has 1 aliphatic carbocycles. The first-order valence-electron chi connectivity index (χ1n) is 6.80. The average Bonchev–Trinajstić information content (AvgIpc) is 2.97. The lowest BCUT2D eigenvalue weighted by atomic mass is 10.2. The summed E-state index contributed by atoms with van der Waals surface area (Å²) >= 11 is 5.61. The number of aryl methyl sites for hydroxylation is 1. The van der Waals surface area contributed by atoms with Crippen LogP contribution in [0.4, 0.5) is 0 Å². The lowest BCUT2D eigenvalue weighted by Gasteiger charge is -2.16. The molecule has 1 aliphatic rings. The summed E-state index contributed by atoms with van der Waals surface area (Å²) in [5, 5.41) is 5.22. The van der Waals surface area contributed by atoms with Crippen LogP contribution in [-0.4, -0.2) is 20.8 Å². The third kappa shape index (κ3) is 3.52. The number of nitrogens with two attached hydrogens (primary N) is 1. The van der Waals surface area contributed by atoms with Gasteiger partial charge in [-0.2, -0.15) is 16.9 Å². The topological polar surface area (TPSA) is 43.8 Å². The first-order valence-corrected chi connectivity index (χ1v) is 8.65. The van der Waals surface area contributed by atoms with Crippen LogP contribution >= 0.6 is 27.7 Å². The molecule has 0 radical (unpaired) electrons. The number of nitrogens with zero attached hydrogens (tertiary/aromatic N) is 2. The van der Waals surface area contributed by atoms with Crippen molar-refractivity contribution < 1.29 is 0 Å². The van der Waals surface area contributed by atoms with E-state index in [0.717, 1.165) is 34.1 Å². The highest BCUT2D eigenvalue weighted by Gasteiger charge is 2.20. The molecule has 0 aliphatic heterocycles. The van der Waals surface area contributed by atoms with E-state index in [2.05, 4.69) is 28.0 Å². The molecule has 2 rings (SSSR count). The molecule has 102 valence electrons. The summed E-state index contributed by atoms with van der Waals surface area (Å²) in [7, 11) is 0. The van der Waals surface area contributed by atoms with Crippen molar-refractivity contribution in [1.29, 1.82) is 0 Å². The van der Waals surface area contributed by atoms with E-state index in [9.17, 15) is 0 Å². The zero-order valence-electron chi connectivity index (χ0n) is 10.9. The first-order chi connectivity index (χ1) is 8.72. The van der Waals surface area contributed by atoms with Gasteiger partial charge in [-0.15, -0.1) is 0 Å². The highest BCUT2D eigenvalue weighted by molar-refractivity contribution is 9.10. The second-order valence-electron chi connectivity index (χ2n) is 4.95. The maximum absolute atomic E-state index is 6.34. The van der Waals surface area contributed by atoms with Gasteiger partial charge in [-0.05, 0) is 35.2 Å². The van der Waals surface area contributed by atoms with Crippen LogP contribution < -0.4 is 5.73 Å². The fourth-order valence-electron chi connectivity index (χ4n) is 2.50. The molecule has 1 heterocycles. The molecule has 1 aromatic rings. The Morgan fingerprint density at radius 2 is 2.28 bits per heavy atom. The van der Waals surface area contributed by atoms with Gasteiger partial charge < -0.3 is 5.73 Å². The number of rotatable bonds is 6. The van der Waals surface area contributed by atoms with Gasteiger partial charge in [0.1, 0.15) is 0 Å². The van der Waals surface area contributed by atoms with Gasteiger partial charge in [0.2, 0.25) is 0 Å². The summed E-state index contributed by atoms with van der Waals surface area (Å²) in [5.41, 5.74) is 7.49. The van der Waals surface area contributed by atoms with Gasteiger partial charge in [0.05, 0.1) is 22.4 Å². The summed E-state index contributed by atoms with van der Waals surface area (Å²) in [6.45, 7) is 3.11. The van der Waals surface area contributed by atoms with Crippen molar-refractivity contribution in [2.24, 2.45) is 5.73 Å². The van der Waals surface area contributed by atoms with Crippen molar-refractivity contribution in [1.82, 2.24) is 9.78 Å². The van der Waals surface area contributed by atoms with Crippen LogP contribution in [0.3, 0.4) is 0 Å². The summed E-state index contributed by atoms with van der Waals surface area (Å²) in [4.78, 5) is 0. The Morgan fingerprint density at radius 3 is 2.94 bits per heavy atom. The highest BCUT2D eigenvalue weighted by Crippen LogP contribution is 2.32. The maximum Gasteiger partial charge on any atom is 0.0701 e. The van der Waals surface area contributed by atoms with E-state index in [1.54, 1.807) is 0 Å². The molecule has 1 fully saturated rings. The molecule has 5 heteroatoms. The van der Waals surface area contributed by atoms with Gasteiger partial charge in [-0.25, -0.2) is 0 Å². The Kier molecular flexibility index (Phi) is 5.57. The summed E-state index contributed by atoms with van der Waals surface area (Å²) in [6, 6.07) is 0.0824. The van der Waals surface area contributed by atoms with Crippen LogP contribution in [0, 0.1) is 0 Å². The molecule has 0 amide bonds. The SMILES string of the molecule is CCCn1ncc(Br)c1C(N)CSC1CCCC1. The van der Waals surface area contributed by atoms with Crippen molar-refractivity contribution in [3.8, 4) is 0 Å². The number of thioether (sulfide) groups is 1. The monoisotopic (exact) mass is 331 g/mol. The Hall–Kier alpha value is -0.0000000000000000555. The second-order valence-corrected chi connectivity index (χ2v) is 7.13. The Labute approximate surface area is 122 Å². The van der Waals surface area contributed by atoms with E-state index >= 15 is 0 Å². The van der Waals surface area contributed by atoms with Crippen molar-refractivity contribution in [2.75, 3.05) is 5.75 Å². The zero-order valence-corrected chi connectivity index (χ0v) is 13.3. The van der Waals surface area contributed by atoms with Crippen molar-refractivity contribution >= 4 is 27.7 Å². The molecule has 18 heavy (non-hydrogen) atoms. The average molecular weight is 332 g/mol. The molecular formula is C13H22BrN3S. The van der Waals surface area contributed by atoms with Gasteiger partial charge in [-0.1, -0.05) is 19.8 Å². The molecule has 3 nitrogen and oxygen atoms in total. The predicted molar refractivity (Wildman–Crippen MR) is 81.9 cm³/mol. The molecule has 1 unspecified atom stereocenters. The first kappa shape index (κ1) is 14.4. The van der Waals surface area contributed by atoms with Crippen LogP contribution in [0.1, 0.15) is 50.8 Å². The minimum atomic E-state index is 0.0824. The van der Waals surface area contributed by atoms with Crippen LogP contribution in [-0.2, 0) is 6.54 Å². The molecule has 0 aromatic carbocycles. The Balaban J connectivity index is 1.94. The lowest BCUT2D eigenvalue weighted by Crippen LogP contribution is -2.20. The molecule has 1 aromatic heterocycles. The Morgan fingerprint density at radius 1 is 1.56 bits per heavy atom. The van der Waals surface area contributed by atoms with Gasteiger partial charge >= 0.3 is 0 Å². The van der Waals surface area contributed by atoms with Crippen molar-refractivity contribution in [2.45, 2.75) is 56.9 Å². The van der Waals surface area contributed by atoms with Crippen LogP contribution in [0.15, 0.2) is 10.7 Å². The molecule has 2 N–H and O–H groups in total. The minimum Gasteiger partial charge on any atom is -0.322 e. The quantitative estimate of drug-likeness (QED) is 0.863. The summed E-state index contributed by atoms with van der Waals surface area (Å²) in [6.07, 6.45) is 8.48. The van der Waals surface area contributed by atoms with Crippen LogP contribution in [0.2, 0.25) is 0 Å². The fraction of sp³-hybridized carbons (Fsp3) is 0.769. The van der Waals surface area contributed by atoms with Crippen LogP contribution in [0.5, 0.6) is 0 Å². The van der Waals surface area contributed by atoms with E-state index in [4.69, 9.17) is 5.73 Å². The lowest BCUT2D eigenvalue weighted by molar-refractivity contribution is 0.553. The van der Waals surface area contributed by atoms with Gasteiger partial charge in [0.25, 0.3) is 0 Å². The maximum atomic E-state index is 6.34. The number of hydrogen-bond acceptors (Lipinski definition) is 3. The molecule has 0 bridgehead atoms. The van der Waals surface area contributed by atoms with Crippen LogP contribution in [0.25, 0.3) is 0 Å². The van der Waals surface area contributed by atoms with Crippen molar-refractivity contribution in [3.05, 3.63) is 16.4 Å². The summed E-state index contributed by atoms with van der Waals surface area (Å²) < 4.78 is 3.10. The van der Waals surface area contributed by atoms with Gasteiger partial charge in [0, 0.05) is 17.5 Å². The third-order valence-electron chi connectivity index (χ3n) is 3.43. The van der Waals surface area contributed by atoms with E-state index < -0.39 is 0 Å². The zero-order chi connectivity index (χ0) is 13.0. The van der Waals surface area contributed by atoms with E-state index in [1.807, 2.05) is 22.6 Å².